The molecule has 0 radical (unpaired) electrons. The minimum atomic E-state index is 0.379. The van der Waals surface area contributed by atoms with Crippen LogP contribution in [0.25, 0.3) is 21.5 Å². The van der Waals surface area contributed by atoms with Crippen molar-refractivity contribution in [1.82, 2.24) is 0 Å². The average molecular weight is 809 g/mol. The summed E-state index contributed by atoms with van der Waals surface area (Å²) in [6, 6.07) is 46.6. The van der Waals surface area contributed by atoms with E-state index in [1.165, 1.54) is 89.6 Å². The number of hydrogen-bond acceptors (Lipinski definition) is 3. The lowest BCUT2D eigenvalue weighted by Crippen LogP contribution is -2.48. The summed E-state index contributed by atoms with van der Waals surface area (Å²) in [7, 11) is 0. The highest BCUT2D eigenvalue weighted by Gasteiger charge is 2.74. The molecule has 61 heavy (non-hydrogen) atoms. The summed E-state index contributed by atoms with van der Waals surface area (Å²) < 4.78 is 19.5. The molecule has 0 N–H and O–H groups in total. The molecule has 6 aromatic carbocycles. The Morgan fingerprint density at radius 3 is 1.87 bits per heavy atom. The first-order chi connectivity index (χ1) is 29.7. The molecule has 0 aromatic heterocycles. The summed E-state index contributed by atoms with van der Waals surface area (Å²) in [4.78, 5) is 0. The summed E-state index contributed by atoms with van der Waals surface area (Å²) >= 11 is 0. The molecule has 0 aliphatic heterocycles. The Morgan fingerprint density at radius 2 is 1.16 bits per heavy atom. The third-order valence-corrected chi connectivity index (χ3v) is 16.8. The summed E-state index contributed by atoms with van der Waals surface area (Å²) in [5.41, 5.74) is 5.43. The van der Waals surface area contributed by atoms with Crippen LogP contribution in [-0.2, 0) is 0 Å². The topological polar surface area (TPSA) is 27.7 Å². The van der Waals surface area contributed by atoms with Crippen LogP contribution in [-0.4, -0.2) is 12.7 Å². The van der Waals surface area contributed by atoms with Gasteiger partial charge in [-0.15, -0.1) is 0 Å². The van der Waals surface area contributed by atoms with Crippen molar-refractivity contribution in [1.29, 1.82) is 0 Å². The Balaban J connectivity index is 0.794. The Labute approximate surface area is 364 Å². The number of fused-ring (bicyclic) bond motifs is 6. The van der Waals surface area contributed by atoms with E-state index in [0.29, 0.717) is 40.6 Å². The van der Waals surface area contributed by atoms with Crippen LogP contribution in [0.5, 0.6) is 23.0 Å². The summed E-state index contributed by atoms with van der Waals surface area (Å²) in [5, 5.41) is 4.93. The molecule has 0 heterocycles. The minimum absolute atomic E-state index is 0.379. The van der Waals surface area contributed by atoms with Crippen LogP contribution < -0.4 is 14.2 Å². The van der Waals surface area contributed by atoms with E-state index in [9.17, 15) is 0 Å². The van der Waals surface area contributed by atoms with Crippen molar-refractivity contribution >= 4 is 21.5 Å². The first-order valence-electron chi connectivity index (χ1n) is 23.9. The fraction of sp³-hybridized carbons (Fsp3) is 0.448. The molecule has 6 aromatic rings. The van der Waals surface area contributed by atoms with Crippen molar-refractivity contribution in [3.8, 4) is 23.0 Å². The first kappa shape index (κ1) is 39.1. The fourth-order valence-electron chi connectivity index (χ4n) is 14.3. The second-order valence-corrected chi connectivity index (χ2v) is 21.1. The molecule has 3 nitrogen and oxygen atoms in total. The summed E-state index contributed by atoms with van der Waals surface area (Å²) in [5.74, 6) is 9.17. The molecule has 5 fully saturated rings. The van der Waals surface area contributed by atoms with Crippen molar-refractivity contribution in [3.63, 3.8) is 0 Å². The van der Waals surface area contributed by atoms with E-state index in [1.807, 2.05) is 0 Å². The van der Waals surface area contributed by atoms with E-state index in [1.54, 1.807) is 0 Å². The fourth-order valence-corrected chi connectivity index (χ4v) is 14.3. The predicted molar refractivity (Wildman–Crippen MR) is 250 cm³/mol. The van der Waals surface area contributed by atoms with Crippen LogP contribution in [0.4, 0.5) is 0 Å². The lowest BCUT2D eigenvalue weighted by molar-refractivity contribution is -0.0582. The van der Waals surface area contributed by atoms with Gasteiger partial charge in [-0.1, -0.05) is 101 Å². The van der Waals surface area contributed by atoms with Gasteiger partial charge in [0.2, 0.25) is 0 Å². The minimum Gasteiger partial charge on any atom is -0.493 e. The quantitative estimate of drug-likeness (QED) is 0.103. The molecule has 0 amide bonds. The van der Waals surface area contributed by atoms with Crippen LogP contribution in [0.2, 0.25) is 0 Å². The Kier molecular flexibility index (Phi) is 9.97. The predicted octanol–water partition coefficient (Wildman–Crippen LogP) is 15.7. The zero-order valence-corrected chi connectivity index (χ0v) is 36.8. The summed E-state index contributed by atoms with van der Waals surface area (Å²) in [6.07, 6.45) is 14.3. The molecule has 314 valence electrons. The van der Waals surface area contributed by atoms with Crippen LogP contribution >= 0.6 is 0 Å². The lowest BCUT2D eigenvalue weighted by atomic mass is 9.52. The van der Waals surface area contributed by atoms with Gasteiger partial charge in [0, 0.05) is 0 Å². The molecule has 4 bridgehead atoms. The molecular formula is C58H64O3. The van der Waals surface area contributed by atoms with Gasteiger partial charge in [0.1, 0.15) is 29.1 Å². The van der Waals surface area contributed by atoms with Gasteiger partial charge >= 0.3 is 0 Å². The van der Waals surface area contributed by atoms with E-state index >= 15 is 0 Å². The van der Waals surface area contributed by atoms with Gasteiger partial charge < -0.3 is 14.2 Å². The maximum absolute atomic E-state index is 7.06. The van der Waals surface area contributed by atoms with Gasteiger partial charge in [-0.2, -0.15) is 0 Å². The summed E-state index contributed by atoms with van der Waals surface area (Å²) in [6.45, 7) is 9.93. The average Bonchev–Trinajstić information content (AvgIpc) is 4.04. The van der Waals surface area contributed by atoms with Crippen molar-refractivity contribution in [3.05, 3.63) is 144 Å². The molecule has 5 aliphatic rings. The number of rotatable bonds is 14. The van der Waals surface area contributed by atoms with Crippen molar-refractivity contribution in [2.45, 2.75) is 116 Å². The van der Waals surface area contributed by atoms with Gasteiger partial charge in [-0.25, -0.2) is 0 Å². The van der Waals surface area contributed by atoms with E-state index < -0.39 is 0 Å². The standard InChI is InChI=1S/C58H64O3/c1-37(2)36-59-49-17-10-40(11-18-49)38(3)28-47(29-39(4)41-12-19-50(20-13-41)60-52-23-16-45-30-43-8-5-6-9-44(43)31-48(45)32-52)42-14-21-51(22-15-42)61-54-35-58-26-7-25-57-27-24-46(33-57)55(56(57)58)53(54)34-58/h5-6,8-23,30-32,37-39,46-47,53-56H,7,24-29,33-36H2,1-4H3. The van der Waals surface area contributed by atoms with Crippen LogP contribution in [0.1, 0.15) is 126 Å². The number of benzene rings is 6. The molecule has 3 heteroatoms. The number of hydrogen-bond donors (Lipinski definition) is 0. The molecule has 10 unspecified atom stereocenters. The Morgan fingerprint density at radius 1 is 0.557 bits per heavy atom. The van der Waals surface area contributed by atoms with Crippen molar-refractivity contribution in [2.24, 2.45) is 40.4 Å². The Hall–Kier alpha value is -4.76. The zero-order chi connectivity index (χ0) is 41.3. The van der Waals surface area contributed by atoms with Gasteiger partial charge in [0.05, 0.1) is 6.61 Å². The smallest absolute Gasteiger partial charge is 0.128 e. The second kappa shape index (κ2) is 15.5. The first-order valence-corrected chi connectivity index (χ1v) is 23.9. The van der Waals surface area contributed by atoms with Crippen LogP contribution in [0.3, 0.4) is 0 Å². The molecule has 2 spiro atoms. The van der Waals surface area contributed by atoms with Gasteiger partial charge in [0.25, 0.3) is 0 Å². The molecule has 10 atom stereocenters. The maximum atomic E-state index is 7.06. The second-order valence-electron chi connectivity index (χ2n) is 21.1. The van der Waals surface area contributed by atoms with Gasteiger partial charge in [0.15, 0.2) is 0 Å². The van der Waals surface area contributed by atoms with E-state index in [-0.39, 0.29) is 0 Å². The van der Waals surface area contributed by atoms with Crippen LogP contribution in [0.15, 0.2) is 127 Å². The highest BCUT2D eigenvalue weighted by Crippen LogP contribution is 2.80. The third kappa shape index (κ3) is 7.22. The third-order valence-electron chi connectivity index (χ3n) is 16.8. The molecule has 5 saturated carbocycles. The molecule has 5 aliphatic carbocycles. The van der Waals surface area contributed by atoms with E-state index in [4.69, 9.17) is 14.2 Å². The van der Waals surface area contributed by atoms with Crippen molar-refractivity contribution < 1.29 is 14.2 Å². The maximum Gasteiger partial charge on any atom is 0.128 e. The van der Waals surface area contributed by atoms with Gasteiger partial charge in [-0.05, 0) is 215 Å². The monoisotopic (exact) mass is 808 g/mol. The number of ether oxygens (including phenoxy) is 3. The highest BCUT2D eigenvalue weighted by molar-refractivity contribution is 5.98. The zero-order valence-electron chi connectivity index (χ0n) is 36.8. The SMILES string of the molecule is CC(C)COc1ccc(C(C)CC(CC(C)c2ccc(Oc3ccc4cc5ccccc5cc4c3)cc2)c2ccc(OC3CC45CCCC67CCC(C6)C(C3C4)C75)cc2)cc1. The largest absolute Gasteiger partial charge is 0.493 e. The van der Waals surface area contributed by atoms with Gasteiger partial charge in [-0.3, -0.25) is 0 Å². The molecule has 0 saturated heterocycles. The lowest BCUT2D eigenvalue weighted by Gasteiger charge is -2.53. The Bertz CT molecular complexity index is 2500. The van der Waals surface area contributed by atoms with Crippen LogP contribution in [0, 0.1) is 40.4 Å². The van der Waals surface area contributed by atoms with E-state index in [2.05, 4.69) is 155 Å². The normalized spacial score (nSPS) is 28.6. The molecular weight excluding hydrogens is 745 g/mol. The van der Waals surface area contributed by atoms with E-state index in [0.717, 1.165) is 66.1 Å². The highest BCUT2D eigenvalue weighted by atomic mass is 16.5. The molecule has 11 rings (SSSR count). The van der Waals surface area contributed by atoms with Crippen molar-refractivity contribution in [2.75, 3.05) is 6.61 Å².